The van der Waals surface area contributed by atoms with Gasteiger partial charge in [-0.25, -0.2) is 13.4 Å². The molecule has 0 radical (unpaired) electrons. The molecule has 0 spiro atoms. The van der Waals surface area contributed by atoms with E-state index in [0.29, 0.717) is 61.5 Å². The summed E-state index contributed by atoms with van der Waals surface area (Å²) in [5, 5.41) is 1.65. The highest BCUT2D eigenvalue weighted by Crippen LogP contribution is 2.36. The van der Waals surface area contributed by atoms with Crippen LogP contribution in [0.5, 0.6) is 0 Å². The van der Waals surface area contributed by atoms with E-state index in [4.69, 9.17) is 28.2 Å². The van der Waals surface area contributed by atoms with E-state index < -0.39 is 10.0 Å². The smallest absolute Gasteiger partial charge is 0.252 e. The second-order valence-electron chi connectivity index (χ2n) is 8.59. The summed E-state index contributed by atoms with van der Waals surface area (Å²) >= 11 is 14.9. The summed E-state index contributed by atoms with van der Waals surface area (Å²) < 4.78 is 28.8. The Morgan fingerprint density at radius 3 is 2.32 bits per heavy atom. The molecule has 3 aromatic rings. The van der Waals surface area contributed by atoms with Crippen molar-refractivity contribution in [3.63, 3.8) is 0 Å². The standard InChI is InChI=1S/C22H24Cl2N4O3S3/c1-14-2-3-16(23)20-19(14)25-22(33-20)27-12-10-26(11-13-27)21(29)15-6-8-28(9-7-15)34(30,31)18-5-4-17(24)32-18/h2-5,15H,6-13H2,1H3. The molecule has 2 saturated heterocycles. The zero-order chi connectivity index (χ0) is 24.0. The lowest BCUT2D eigenvalue weighted by Crippen LogP contribution is -2.52. The van der Waals surface area contributed by atoms with Gasteiger partial charge in [0.15, 0.2) is 5.13 Å². The molecule has 182 valence electrons. The van der Waals surface area contributed by atoms with Gasteiger partial charge in [0.2, 0.25) is 5.91 Å². The zero-order valence-electron chi connectivity index (χ0n) is 18.5. The minimum atomic E-state index is -3.55. The van der Waals surface area contributed by atoms with Crippen LogP contribution >= 0.6 is 45.9 Å². The highest BCUT2D eigenvalue weighted by Gasteiger charge is 2.35. The third-order valence-electron chi connectivity index (χ3n) is 6.49. The Labute approximate surface area is 216 Å². The number of carbonyl (C=O) groups is 1. The fourth-order valence-corrected chi connectivity index (χ4v) is 8.98. The van der Waals surface area contributed by atoms with Crippen LogP contribution in [0.1, 0.15) is 18.4 Å². The number of aromatic nitrogens is 1. The summed E-state index contributed by atoms with van der Waals surface area (Å²) in [6, 6.07) is 7.03. The summed E-state index contributed by atoms with van der Waals surface area (Å²) in [5.41, 5.74) is 2.05. The molecule has 34 heavy (non-hydrogen) atoms. The average Bonchev–Trinajstić information content (AvgIpc) is 3.49. The van der Waals surface area contributed by atoms with Gasteiger partial charge in [0.05, 0.1) is 19.6 Å². The number of nitrogens with zero attached hydrogens (tertiary/aromatic N) is 4. The minimum absolute atomic E-state index is 0.124. The van der Waals surface area contributed by atoms with Crippen LogP contribution in [0.15, 0.2) is 28.5 Å². The predicted octanol–water partition coefficient (Wildman–Crippen LogP) is 4.72. The van der Waals surface area contributed by atoms with Crippen molar-refractivity contribution in [2.75, 3.05) is 44.2 Å². The van der Waals surface area contributed by atoms with Crippen LogP contribution in [0.3, 0.4) is 0 Å². The maximum Gasteiger partial charge on any atom is 0.252 e. The monoisotopic (exact) mass is 558 g/mol. The van der Waals surface area contributed by atoms with E-state index in [0.717, 1.165) is 32.2 Å². The van der Waals surface area contributed by atoms with Gasteiger partial charge in [-0.1, -0.05) is 40.6 Å². The Morgan fingerprint density at radius 2 is 1.71 bits per heavy atom. The molecule has 0 bridgehead atoms. The van der Waals surface area contributed by atoms with E-state index in [-0.39, 0.29) is 16.0 Å². The van der Waals surface area contributed by atoms with Crippen LogP contribution in [0.4, 0.5) is 5.13 Å². The number of hydrogen-bond donors (Lipinski definition) is 0. The summed E-state index contributed by atoms with van der Waals surface area (Å²) in [7, 11) is -3.55. The molecule has 0 aliphatic carbocycles. The van der Waals surface area contributed by atoms with Crippen LogP contribution in [0, 0.1) is 12.8 Å². The largest absolute Gasteiger partial charge is 0.345 e. The fourth-order valence-electron chi connectivity index (χ4n) is 4.51. The molecule has 1 aromatic carbocycles. The Morgan fingerprint density at radius 1 is 1.00 bits per heavy atom. The lowest BCUT2D eigenvalue weighted by atomic mass is 9.96. The van der Waals surface area contributed by atoms with E-state index in [1.165, 1.54) is 4.31 Å². The molecule has 2 aliphatic rings. The zero-order valence-corrected chi connectivity index (χ0v) is 22.5. The van der Waals surface area contributed by atoms with Crippen LogP contribution in [0.2, 0.25) is 9.36 Å². The van der Waals surface area contributed by atoms with Gasteiger partial charge < -0.3 is 9.80 Å². The number of piperidine rings is 1. The first-order valence-corrected chi connectivity index (χ1v) is 14.9. The van der Waals surface area contributed by atoms with Gasteiger partial charge >= 0.3 is 0 Å². The van der Waals surface area contributed by atoms with Crippen molar-refractivity contribution >= 4 is 77.2 Å². The summed E-state index contributed by atoms with van der Waals surface area (Å²) in [6.07, 6.45) is 1.07. The second kappa shape index (κ2) is 9.55. The van der Waals surface area contributed by atoms with Crippen LogP contribution in [-0.2, 0) is 14.8 Å². The van der Waals surface area contributed by atoms with Crippen molar-refractivity contribution in [2.24, 2.45) is 5.92 Å². The van der Waals surface area contributed by atoms with Gasteiger partial charge in [0, 0.05) is 45.2 Å². The third kappa shape index (κ3) is 4.56. The number of amides is 1. The maximum absolute atomic E-state index is 13.1. The highest BCUT2D eigenvalue weighted by atomic mass is 35.5. The topological polar surface area (TPSA) is 73.8 Å². The number of thiazole rings is 1. The van der Waals surface area contributed by atoms with Crippen LogP contribution in [0.25, 0.3) is 10.2 Å². The molecule has 12 heteroatoms. The number of piperazine rings is 1. The Balaban J connectivity index is 1.18. The Bertz CT molecular complexity index is 1290. The summed E-state index contributed by atoms with van der Waals surface area (Å²) in [4.78, 5) is 22.1. The quantitative estimate of drug-likeness (QED) is 0.463. The molecule has 4 heterocycles. The van der Waals surface area contributed by atoms with E-state index in [1.54, 1.807) is 23.5 Å². The number of hydrogen-bond acceptors (Lipinski definition) is 7. The molecule has 0 N–H and O–H groups in total. The van der Waals surface area contributed by atoms with Crippen LogP contribution < -0.4 is 4.90 Å². The van der Waals surface area contributed by atoms with Crippen molar-refractivity contribution in [1.82, 2.24) is 14.2 Å². The SMILES string of the molecule is Cc1ccc(Cl)c2sc(N3CCN(C(=O)C4CCN(S(=O)(=O)c5ccc(Cl)s5)CC4)CC3)nc12. The minimum Gasteiger partial charge on any atom is -0.345 e. The van der Waals surface area contributed by atoms with Crippen molar-refractivity contribution in [1.29, 1.82) is 0 Å². The van der Waals surface area contributed by atoms with Gasteiger partial charge in [0.25, 0.3) is 10.0 Å². The molecule has 0 atom stereocenters. The number of halogens is 2. The molecule has 0 unspecified atom stereocenters. The van der Waals surface area contributed by atoms with Gasteiger partial charge in [-0.05, 0) is 43.5 Å². The normalized spacial score (nSPS) is 18.7. The fraction of sp³-hybridized carbons (Fsp3) is 0.455. The highest BCUT2D eigenvalue weighted by molar-refractivity contribution is 7.91. The first-order chi connectivity index (χ1) is 16.2. The molecule has 0 saturated carbocycles. The molecule has 2 fully saturated rings. The molecular formula is C22H24Cl2N4O3S3. The van der Waals surface area contributed by atoms with Gasteiger partial charge in [-0.15, -0.1) is 11.3 Å². The van der Waals surface area contributed by atoms with E-state index in [9.17, 15) is 13.2 Å². The summed E-state index contributed by atoms with van der Waals surface area (Å²) in [6.45, 7) is 5.43. The number of sulfonamides is 1. The number of rotatable bonds is 4. The number of aryl methyl sites for hydroxylation is 1. The number of benzene rings is 1. The number of carbonyl (C=O) groups excluding carboxylic acids is 1. The third-order valence-corrected chi connectivity index (χ3v) is 11.7. The lowest BCUT2D eigenvalue weighted by Gasteiger charge is -2.38. The van der Waals surface area contributed by atoms with Gasteiger partial charge in [-0.3, -0.25) is 4.79 Å². The molecule has 2 aromatic heterocycles. The van der Waals surface area contributed by atoms with E-state index in [2.05, 4.69) is 4.90 Å². The molecule has 1 amide bonds. The molecule has 5 rings (SSSR count). The lowest BCUT2D eigenvalue weighted by molar-refractivity contribution is -0.137. The van der Waals surface area contributed by atoms with E-state index >= 15 is 0 Å². The van der Waals surface area contributed by atoms with E-state index in [1.807, 2.05) is 24.0 Å². The van der Waals surface area contributed by atoms with Crippen molar-refractivity contribution in [2.45, 2.75) is 24.0 Å². The molecular weight excluding hydrogens is 535 g/mol. The van der Waals surface area contributed by atoms with Crippen molar-refractivity contribution in [3.8, 4) is 0 Å². The Hall–Kier alpha value is -1.43. The van der Waals surface area contributed by atoms with Crippen molar-refractivity contribution < 1.29 is 13.2 Å². The summed E-state index contributed by atoms with van der Waals surface area (Å²) in [5.74, 6) is -0.0205. The number of fused-ring (bicyclic) bond motifs is 1. The molecule has 7 nitrogen and oxygen atoms in total. The Kier molecular flexibility index (Phi) is 6.82. The number of anilines is 1. The predicted molar refractivity (Wildman–Crippen MR) is 139 cm³/mol. The first kappa shape index (κ1) is 24.3. The van der Waals surface area contributed by atoms with Gasteiger partial charge in [0.1, 0.15) is 4.21 Å². The molecule has 2 aliphatic heterocycles. The van der Waals surface area contributed by atoms with Crippen LogP contribution in [-0.4, -0.2) is 67.8 Å². The van der Waals surface area contributed by atoms with Gasteiger partial charge in [-0.2, -0.15) is 4.31 Å². The van der Waals surface area contributed by atoms with Crippen molar-refractivity contribution in [3.05, 3.63) is 39.2 Å². The number of thiophene rings is 1. The first-order valence-electron chi connectivity index (χ1n) is 11.1. The second-order valence-corrected chi connectivity index (χ2v) is 13.9. The maximum atomic E-state index is 13.1. The average molecular weight is 560 g/mol.